The van der Waals surface area contributed by atoms with Gasteiger partial charge in [-0.15, -0.1) is 13.2 Å². The van der Waals surface area contributed by atoms with Crippen molar-refractivity contribution >= 4 is 41.0 Å². The van der Waals surface area contributed by atoms with Gasteiger partial charge in [-0.2, -0.15) is 0 Å². The molecule has 280 valence electrons. The smallest absolute Gasteiger partial charge is 0.313 e. The van der Waals surface area contributed by atoms with E-state index in [-0.39, 0.29) is 38.0 Å². The molecule has 5 rings (SSSR count). The molecule has 52 heavy (non-hydrogen) atoms. The van der Waals surface area contributed by atoms with Gasteiger partial charge in [-0.3, -0.25) is 19.2 Å². The fraction of sp³-hybridized carbons (Fsp3) is 0.500. The molecular weight excluding hydrogens is 686 g/mol. The Labute approximate surface area is 310 Å². The molecule has 3 aliphatic rings. The fourth-order valence-electron chi connectivity index (χ4n) is 8.23. The first-order valence-electron chi connectivity index (χ1n) is 17.9. The van der Waals surface area contributed by atoms with Gasteiger partial charge < -0.3 is 34.4 Å². The third-order valence-corrected chi connectivity index (χ3v) is 10.6. The molecule has 2 bridgehead atoms. The van der Waals surface area contributed by atoms with Crippen LogP contribution in [-0.4, -0.2) is 90.4 Å². The number of aliphatic hydroxyl groups excluding tert-OH is 1. The van der Waals surface area contributed by atoms with Crippen molar-refractivity contribution in [2.45, 2.75) is 81.9 Å². The lowest BCUT2D eigenvalue weighted by molar-refractivity contribution is -0.163. The summed E-state index contributed by atoms with van der Waals surface area (Å²) in [6.07, 6.45) is 3.43. The average molecular weight is 736 g/mol. The van der Waals surface area contributed by atoms with E-state index in [1.54, 1.807) is 48.6 Å². The number of likely N-dealkylation sites (tertiary alicyclic amines) is 1. The van der Waals surface area contributed by atoms with E-state index in [1.807, 2.05) is 32.0 Å². The van der Waals surface area contributed by atoms with Crippen LogP contribution in [0.3, 0.4) is 0 Å². The molecular formula is C40H50ClN3O8. The van der Waals surface area contributed by atoms with Crippen LogP contribution >= 0.6 is 11.6 Å². The van der Waals surface area contributed by atoms with Crippen molar-refractivity contribution in [3.05, 3.63) is 90.5 Å². The average Bonchev–Trinajstić information content (AvgIpc) is 3.78. The third-order valence-electron chi connectivity index (χ3n) is 10.3. The molecule has 0 aromatic heterocycles. The highest BCUT2D eigenvalue weighted by atomic mass is 35.5. The largest absolute Gasteiger partial charge is 0.455 e. The van der Waals surface area contributed by atoms with Crippen molar-refractivity contribution in [2.75, 3.05) is 31.8 Å². The standard InChI is InChI=1S/C40H50ClN3O8/c1-6-8-18-32(46)42-29(24-50-5)35(26-14-10-9-11-15-26)51-39(49)33-31-19-20-40(52-31)34(33)37(47)44(27(23-45)22-25(3)4)36(40)38(48)43(21-7-2)30-17-13-12-16-28(30)41/h6-7,9-17,25,27,29,31,33-36,45H,1-2,8,18-24H2,3-5H3,(H,42,46)/t27-,29+,31+,33-,34-,35+,36+,40-/m1/s1. The number of halogens is 1. The number of para-hydroxylation sites is 1. The summed E-state index contributed by atoms with van der Waals surface area (Å²) in [5, 5.41) is 14.0. The first-order chi connectivity index (χ1) is 25.0. The maximum atomic E-state index is 14.9. The zero-order chi connectivity index (χ0) is 37.6. The number of carbonyl (C=O) groups excluding carboxylic acids is 4. The molecule has 3 aliphatic heterocycles. The van der Waals surface area contributed by atoms with Gasteiger partial charge in [-0.25, -0.2) is 0 Å². The summed E-state index contributed by atoms with van der Waals surface area (Å²) in [6.45, 7) is 11.3. The summed E-state index contributed by atoms with van der Waals surface area (Å²) in [5.41, 5.74) is -0.287. The van der Waals surface area contributed by atoms with Crippen molar-refractivity contribution < 1.29 is 38.5 Å². The number of hydrogen-bond acceptors (Lipinski definition) is 8. The van der Waals surface area contributed by atoms with E-state index in [4.69, 9.17) is 25.8 Å². The van der Waals surface area contributed by atoms with E-state index in [0.29, 0.717) is 42.0 Å². The zero-order valence-corrected chi connectivity index (χ0v) is 30.9. The van der Waals surface area contributed by atoms with Gasteiger partial charge in [-0.05, 0) is 49.3 Å². The van der Waals surface area contributed by atoms with Crippen LogP contribution in [0.5, 0.6) is 0 Å². The molecule has 3 amide bonds. The quantitative estimate of drug-likeness (QED) is 0.161. The Morgan fingerprint density at radius 3 is 2.48 bits per heavy atom. The normalized spacial score (nSPS) is 25.0. The molecule has 3 saturated heterocycles. The number of aliphatic hydroxyl groups is 1. The number of allylic oxidation sites excluding steroid dienone is 1. The summed E-state index contributed by atoms with van der Waals surface area (Å²) in [5.74, 6) is -3.83. The fourth-order valence-corrected chi connectivity index (χ4v) is 8.47. The molecule has 11 nitrogen and oxygen atoms in total. The van der Waals surface area contributed by atoms with Crippen LogP contribution in [0.25, 0.3) is 0 Å². The van der Waals surface area contributed by atoms with Crippen molar-refractivity contribution in [3.8, 4) is 0 Å². The number of amides is 3. The Morgan fingerprint density at radius 2 is 1.85 bits per heavy atom. The Kier molecular flexibility index (Phi) is 13.0. The monoisotopic (exact) mass is 735 g/mol. The van der Waals surface area contributed by atoms with Gasteiger partial charge in [0.15, 0.2) is 0 Å². The molecule has 0 aliphatic carbocycles. The number of nitrogens with one attached hydrogen (secondary N) is 1. The third kappa shape index (κ3) is 7.69. The van der Waals surface area contributed by atoms with Crippen LogP contribution in [0.1, 0.15) is 57.6 Å². The van der Waals surface area contributed by atoms with E-state index >= 15 is 0 Å². The van der Waals surface area contributed by atoms with Gasteiger partial charge in [-0.1, -0.05) is 80.1 Å². The molecule has 0 saturated carbocycles. The molecule has 2 aromatic rings. The van der Waals surface area contributed by atoms with E-state index in [1.165, 1.54) is 16.9 Å². The number of nitrogens with zero attached hydrogens (tertiary/aromatic N) is 2. The van der Waals surface area contributed by atoms with E-state index in [2.05, 4.69) is 18.5 Å². The highest BCUT2D eigenvalue weighted by Crippen LogP contribution is 2.59. The van der Waals surface area contributed by atoms with Gasteiger partial charge in [0, 0.05) is 20.1 Å². The molecule has 3 fully saturated rings. The Morgan fingerprint density at radius 1 is 1.13 bits per heavy atom. The van der Waals surface area contributed by atoms with Crippen molar-refractivity contribution in [1.82, 2.24) is 10.2 Å². The summed E-state index contributed by atoms with van der Waals surface area (Å²) >= 11 is 6.60. The number of carbonyl (C=O) groups is 4. The van der Waals surface area contributed by atoms with Crippen molar-refractivity contribution in [3.63, 3.8) is 0 Å². The Hall–Kier alpha value is -4.03. The lowest BCUT2D eigenvalue weighted by Gasteiger charge is -2.39. The Balaban J connectivity index is 1.54. The highest BCUT2D eigenvalue weighted by molar-refractivity contribution is 6.34. The van der Waals surface area contributed by atoms with E-state index in [9.17, 15) is 24.3 Å². The number of ether oxygens (including phenoxy) is 3. The number of benzene rings is 2. The van der Waals surface area contributed by atoms with Gasteiger partial charge in [0.1, 0.15) is 17.7 Å². The number of methoxy groups -OCH3 is 1. The number of anilines is 1. The van der Waals surface area contributed by atoms with Gasteiger partial charge in [0.05, 0.1) is 53.9 Å². The molecule has 12 heteroatoms. The molecule has 2 aromatic carbocycles. The second kappa shape index (κ2) is 17.2. The van der Waals surface area contributed by atoms with E-state index in [0.717, 1.165) is 0 Å². The van der Waals surface area contributed by atoms with Crippen molar-refractivity contribution in [1.29, 1.82) is 0 Å². The number of fused-ring (bicyclic) bond motifs is 1. The molecule has 2 N–H and O–H groups in total. The zero-order valence-electron chi connectivity index (χ0n) is 30.1. The van der Waals surface area contributed by atoms with Gasteiger partial charge in [0.25, 0.3) is 5.91 Å². The van der Waals surface area contributed by atoms with Crippen LogP contribution in [0.15, 0.2) is 79.9 Å². The SMILES string of the molecule is C=CCCC(=O)N[C@@H](COC)[C@@H](OC(=O)[C@@H]1[C@@H]2CC[C@]3(O2)[C@H](C(=O)N(CC=C)c2ccccc2Cl)N([C@@H](CO)CC(C)C)C(=O)[C@@H]13)c1ccccc1. The summed E-state index contributed by atoms with van der Waals surface area (Å²) in [6, 6.07) is 13.4. The van der Waals surface area contributed by atoms with Gasteiger partial charge in [0.2, 0.25) is 11.8 Å². The number of hydrogen-bond donors (Lipinski definition) is 2. The minimum atomic E-state index is -1.36. The van der Waals surface area contributed by atoms with Crippen LogP contribution < -0.4 is 10.2 Å². The lowest BCUT2D eigenvalue weighted by atomic mass is 9.70. The first-order valence-corrected chi connectivity index (χ1v) is 18.3. The molecule has 1 spiro atoms. The summed E-state index contributed by atoms with van der Waals surface area (Å²) in [7, 11) is 1.50. The van der Waals surface area contributed by atoms with Crippen molar-refractivity contribution in [2.24, 2.45) is 17.8 Å². The lowest BCUT2D eigenvalue weighted by Crippen LogP contribution is -2.59. The molecule has 0 radical (unpaired) electrons. The predicted molar refractivity (Wildman–Crippen MR) is 197 cm³/mol. The van der Waals surface area contributed by atoms with Crippen LogP contribution in [0, 0.1) is 17.8 Å². The number of esters is 1. The number of rotatable bonds is 18. The topological polar surface area (TPSA) is 135 Å². The Bertz CT molecular complexity index is 1620. The molecule has 0 unspecified atom stereocenters. The minimum absolute atomic E-state index is 0.0441. The molecule has 3 heterocycles. The highest BCUT2D eigenvalue weighted by Gasteiger charge is 2.76. The van der Waals surface area contributed by atoms with Crippen LogP contribution in [-0.2, 0) is 33.4 Å². The molecule has 8 atom stereocenters. The van der Waals surface area contributed by atoms with Gasteiger partial charge >= 0.3 is 5.97 Å². The van der Waals surface area contributed by atoms with Crippen LogP contribution in [0.4, 0.5) is 5.69 Å². The second-order valence-electron chi connectivity index (χ2n) is 14.2. The second-order valence-corrected chi connectivity index (χ2v) is 14.6. The maximum absolute atomic E-state index is 14.9. The van der Waals surface area contributed by atoms with Crippen LogP contribution in [0.2, 0.25) is 5.02 Å². The maximum Gasteiger partial charge on any atom is 0.313 e. The summed E-state index contributed by atoms with van der Waals surface area (Å²) in [4.78, 5) is 60.2. The predicted octanol–water partition coefficient (Wildman–Crippen LogP) is 5.02. The van der Waals surface area contributed by atoms with E-state index < -0.39 is 65.6 Å². The summed E-state index contributed by atoms with van der Waals surface area (Å²) < 4.78 is 18.5. The first kappa shape index (κ1) is 39.2. The minimum Gasteiger partial charge on any atom is -0.455 e.